The van der Waals surface area contributed by atoms with Gasteiger partial charge in [0.1, 0.15) is 0 Å². The van der Waals surface area contributed by atoms with Crippen molar-refractivity contribution >= 4 is 28.9 Å². The third-order valence-corrected chi connectivity index (χ3v) is 6.17. The number of rotatable bonds is 8. The summed E-state index contributed by atoms with van der Waals surface area (Å²) in [6, 6.07) is 12.4. The molecule has 0 bridgehead atoms. The van der Waals surface area contributed by atoms with E-state index in [1.807, 2.05) is 41.0 Å². The number of carbonyl (C=O) groups excluding carboxylic acids is 2. The normalized spacial score (nSPS) is 17.7. The van der Waals surface area contributed by atoms with E-state index >= 15 is 0 Å². The molecule has 34 heavy (non-hydrogen) atoms. The van der Waals surface area contributed by atoms with Crippen LogP contribution in [0.5, 0.6) is 11.5 Å². The number of nitrogens with zero attached hydrogens (tertiary/aromatic N) is 3. The van der Waals surface area contributed by atoms with E-state index in [1.165, 1.54) is 0 Å². The average molecular weight is 466 g/mol. The molecule has 1 aromatic heterocycles. The maximum absolute atomic E-state index is 13.9. The summed E-state index contributed by atoms with van der Waals surface area (Å²) in [5, 5.41) is 0. The van der Waals surface area contributed by atoms with E-state index in [9.17, 15) is 9.59 Å². The predicted octanol–water partition coefficient (Wildman–Crippen LogP) is 4.21. The lowest BCUT2D eigenvalue weighted by molar-refractivity contribution is -0.153. The summed E-state index contributed by atoms with van der Waals surface area (Å²) in [5.41, 5.74) is 2.22. The molecule has 2 aromatic carbocycles. The average Bonchev–Trinajstić information content (AvgIpc) is 3.21. The second kappa shape index (κ2) is 9.75. The van der Waals surface area contributed by atoms with Crippen LogP contribution in [-0.2, 0) is 14.3 Å². The predicted molar refractivity (Wildman–Crippen MR) is 129 cm³/mol. The smallest absolute Gasteiger partial charge is 0.321 e. The van der Waals surface area contributed by atoms with Gasteiger partial charge in [0.15, 0.2) is 17.4 Å². The van der Waals surface area contributed by atoms with Crippen molar-refractivity contribution < 1.29 is 23.8 Å². The number of esters is 1. The van der Waals surface area contributed by atoms with Crippen LogP contribution in [0.4, 0.5) is 5.95 Å². The molecular formula is C26H31N3O5. The summed E-state index contributed by atoms with van der Waals surface area (Å²) in [6.45, 7) is 6.57. The van der Waals surface area contributed by atoms with Crippen LogP contribution in [0.1, 0.15) is 38.8 Å². The van der Waals surface area contributed by atoms with E-state index in [1.54, 1.807) is 32.1 Å². The fourth-order valence-corrected chi connectivity index (χ4v) is 4.57. The Morgan fingerprint density at radius 1 is 1.09 bits per heavy atom. The summed E-state index contributed by atoms with van der Waals surface area (Å²) < 4.78 is 18.6. The van der Waals surface area contributed by atoms with Crippen molar-refractivity contribution in [2.75, 3.05) is 32.3 Å². The molecule has 3 aromatic rings. The molecule has 4 rings (SSSR count). The van der Waals surface area contributed by atoms with Crippen molar-refractivity contribution in [3.05, 3.63) is 48.0 Å². The topological polar surface area (TPSA) is 82.9 Å². The fourth-order valence-electron chi connectivity index (χ4n) is 4.57. The highest BCUT2D eigenvalue weighted by molar-refractivity contribution is 6.08. The Bertz CT molecular complexity index is 1200. The lowest BCUT2D eigenvalue weighted by Crippen LogP contribution is -2.50. The van der Waals surface area contributed by atoms with Crippen molar-refractivity contribution in [2.45, 2.75) is 33.2 Å². The summed E-state index contributed by atoms with van der Waals surface area (Å²) >= 11 is 0. The Labute approximate surface area is 199 Å². The van der Waals surface area contributed by atoms with Gasteiger partial charge in [0.25, 0.3) is 0 Å². The van der Waals surface area contributed by atoms with Crippen molar-refractivity contribution in [2.24, 2.45) is 11.8 Å². The van der Waals surface area contributed by atoms with Crippen LogP contribution < -0.4 is 14.4 Å². The molecule has 0 unspecified atom stereocenters. The molecule has 2 heterocycles. The lowest BCUT2D eigenvalue weighted by atomic mass is 9.88. The van der Waals surface area contributed by atoms with Gasteiger partial charge in [-0.1, -0.05) is 38.1 Å². The number of hydrogen-bond donors (Lipinski definition) is 0. The number of ether oxygens (including phenoxy) is 3. The number of fused-ring (bicyclic) bond motifs is 3. The number of para-hydroxylation sites is 3. The molecule has 0 aliphatic carbocycles. The van der Waals surface area contributed by atoms with E-state index in [-0.39, 0.29) is 12.5 Å². The molecule has 8 nitrogen and oxygen atoms in total. The maximum Gasteiger partial charge on any atom is 0.321 e. The molecule has 1 aliphatic heterocycles. The molecule has 1 aliphatic rings. The van der Waals surface area contributed by atoms with Gasteiger partial charge in [0.05, 0.1) is 37.9 Å². The van der Waals surface area contributed by atoms with Crippen molar-refractivity contribution in [1.29, 1.82) is 0 Å². The highest BCUT2D eigenvalue weighted by atomic mass is 16.5. The standard InChI is InChI=1S/C26H31N3O5/c1-6-34-25(31)21-22(17-10-9-13-20(32-4)23(17)33-5)29-19-12-8-7-11-18(19)27-26(29)28(24(21)30)15-14-16(2)3/h7-13,16,21-22H,6,14-15H2,1-5H3/t21-,22+/m0/s1. The van der Waals surface area contributed by atoms with E-state index < -0.39 is 17.9 Å². The minimum atomic E-state index is -1.10. The zero-order chi connectivity index (χ0) is 24.4. The van der Waals surface area contributed by atoms with Gasteiger partial charge >= 0.3 is 5.97 Å². The van der Waals surface area contributed by atoms with Gasteiger partial charge in [-0.15, -0.1) is 0 Å². The Morgan fingerprint density at radius 2 is 1.85 bits per heavy atom. The quantitative estimate of drug-likeness (QED) is 0.366. The fraction of sp³-hybridized carbons (Fsp3) is 0.423. The first-order valence-corrected chi connectivity index (χ1v) is 11.6. The Kier molecular flexibility index (Phi) is 6.77. The van der Waals surface area contributed by atoms with Gasteiger partial charge in [0.2, 0.25) is 11.9 Å². The number of benzene rings is 2. The van der Waals surface area contributed by atoms with Crippen molar-refractivity contribution in [1.82, 2.24) is 9.55 Å². The summed E-state index contributed by atoms with van der Waals surface area (Å²) in [6.07, 6.45) is 0.775. The molecule has 0 saturated heterocycles. The van der Waals surface area contributed by atoms with Gasteiger partial charge in [-0.25, -0.2) is 4.98 Å². The molecule has 0 radical (unpaired) electrons. The van der Waals surface area contributed by atoms with Crippen LogP contribution in [0.3, 0.4) is 0 Å². The lowest BCUT2D eigenvalue weighted by Gasteiger charge is -2.38. The van der Waals surface area contributed by atoms with Crippen LogP contribution in [0.25, 0.3) is 11.0 Å². The first-order valence-electron chi connectivity index (χ1n) is 11.6. The van der Waals surface area contributed by atoms with Crippen LogP contribution >= 0.6 is 0 Å². The number of amides is 1. The molecule has 0 spiro atoms. The van der Waals surface area contributed by atoms with Gasteiger partial charge < -0.3 is 18.8 Å². The maximum atomic E-state index is 13.9. The molecule has 0 saturated carbocycles. The first kappa shape index (κ1) is 23.6. The number of carbonyl (C=O) groups is 2. The van der Waals surface area contributed by atoms with E-state index in [2.05, 4.69) is 13.8 Å². The van der Waals surface area contributed by atoms with Crippen LogP contribution in [0.15, 0.2) is 42.5 Å². The largest absolute Gasteiger partial charge is 0.493 e. The Morgan fingerprint density at radius 3 is 2.53 bits per heavy atom. The molecular weight excluding hydrogens is 434 g/mol. The van der Waals surface area contributed by atoms with Crippen LogP contribution in [-0.4, -0.2) is 48.8 Å². The molecule has 2 atom stereocenters. The van der Waals surface area contributed by atoms with Crippen LogP contribution in [0.2, 0.25) is 0 Å². The van der Waals surface area contributed by atoms with E-state index in [0.717, 1.165) is 17.5 Å². The summed E-state index contributed by atoms with van der Waals surface area (Å²) in [5.74, 6) is -0.111. The van der Waals surface area contributed by atoms with Crippen molar-refractivity contribution in [3.8, 4) is 11.5 Å². The second-order valence-electron chi connectivity index (χ2n) is 8.70. The molecule has 0 N–H and O–H groups in total. The first-order chi connectivity index (χ1) is 16.4. The number of anilines is 1. The van der Waals surface area contributed by atoms with Gasteiger partial charge in [-0.2, -0.15) is 0 Å². The van der Waals surface area contributed by atoms with Crippen molar-refractivity contribution in [3.63, 3.8) is 0 Å². The molecule has 180 valence electrons. The number of imidazole rings is 1. The molecule has 8 heteroatoms. The van der Waals surface area contributed by atoms with E-state index in [0.29, 0.717) is 35.5 Å². The van der Waals surface area contributed by atoms with Gasteiger partial charge in [-0.3, -0.25) is 14.5 Å². The van der Waals surface area contributed by atoms with Gasteiger partial charge in [-0.05, 0) is 37.5 Å². The van der Waals surface area contributed by atoms with Crippen LogP contribution in [0, 0.1) is 11.8 Å². The third-order valence-electron chi connectivity index (χ3n) is 6.17. The second-order valence-corrected chi connectivity index (χ2v) is 8.70. The number of hydrogen-bond acceptors (Lipinski definition) is 6. The number of aromatic nitrogens is 2. The number of methoxy groups -OCH3 is 2. The summed E-state index contributed by atoms with van der Waals surface area (Å²) in [4.78, 5) is 33.7. The zero-order valence-electron chi connectivity index (χ0n) is 20.3. The molecule has 1 amide bonds. The van der Waals surface area contributed by atoms with Gasteiger partial charge in [0, 0.05) is 12.1 Å². The third kappa shape index (κ3) is 3.97. The highest BCUT2D eigenvalue weighted by Gasteiger charge is 2.48. The monoisotopic (exact) mass is 465 g/mol. The van der Waals surface area contributed by atoms with E-state index in [4.69, 9.17) is 19.2 Å². The summed E-state index contributed by atoms with van der Waals surface area (Å²) in [7, 11) is 3.11. The minimum Gasteiger partial charge on any atom is -0.493 e. The highest BCUT2D eigenvalue weighted by Crippen LogP contribution is 2.46. The Balaban J connectivity index is 2.02. The zero-order valence-corrected chi connectivity index (χ0v) is 20.3. The SMILES string of the molecule is CCOC(=O)[C@@H]1C(=O)N(CCC(C)C)c2nc3ccccc3n2[C@@H]1c1cccc(OC)c1OC. The minimum absolute atomic E-state index is 0.175. The molecule has 0 fully saturated rings. The Hall–Kier alpha value is -3.55.